The zero-order chi connectivity index (χ0) is 8.32. The predicted molar refractivity (Wildman–Crippen MR) is 40.3 cm³/mol. The van der Waals surface area contributed by atoms with Crippen LogP contribution in [0, 0.1) is 0 Å². The van der Waals surface area contributed by atoms with Crippen LogP contribution in [0.1, 0.15) is 6.92 Å². The van der Waals surface area contributed by atoms with Gasteiger partial charge in [0.05, 0.1) is 7.11 Å². The van der Waals surface area contributed by atoms with E-state index in [1.165, 1.54) is 7.11 Å². The monoisotopic (exact) mass is 157 g/mol. The Hall–Kier alpha value is -0.610. The third kappa shape index (κ3) is 1.70. The highest BCUT2D eigenvalue weighted by atomic mass is 16.5. The summed E-state index contributed by atoms with van der Waals surface area (Å²) in [6, 6.07) is 0. The highest BCUT2D eigenvalue weighted by Gasteiger charge is 2.36. The molecule has 4 nitrogen and oxygen atoms in total. The summed E-state index contributed by atoms with van der Waals surface area (Å²) >= 11 is 0. The minimum atomic E-state index is -0.660. The standard InChI is InChI=1S/C7H13N2O2/c1-7(6(10)11-2)5-8-3-4-9-7/h8H,3-5H2,1-2H3. The van der Waals surface area contributed by atoms with E-state index in [0.29, 0.717) is 13.1 Å². The largest absolute Gasteiger partial charge is 0.468 e. The Morgan fingerprint density at radius 2 is 2.45 bits per heavy atom. The molecule has 63 valence electrons. The fourth-order valence-electron chi connectivity index (χ4n) is 1.13. The number of nitrogens with zero attached hydrogens (tertiary/aromatic N) is 1. The van der Waals surface area contributed by atoms with E-state index in [0.717, 1.165) is 6.54 Å². The average Bonchev–Trinajstić information content (AvgIpc) is 2.04. The van der Waals surface area contributed by atoms with Crippen LogP contribution in [0.25, 0.3) is 0 Å². The van der Waals surface area contributed by atoms with Gasteiger partial charge in [0.15, 0.2) is 0 Å². The van der Waals surface area contributed by atoms with Gasteiger partial charge in [0, 0.05) is 19.6 Å². The molecule has 1 aliphatic rings. The van der Waals surface area contributed by atoms with Crippen LogP contribution in [0.2, 0.25) is 0 Å². The van der Waals surface area contributed by atoms with Crippen molar-refractivity contribution in [2.75, 3.05) is 26.7 Å². The minimum absolute atomic E-state index is 0.260. The molecule has 1 radical (unpaired) electrons. The normalized spacial score (nSPS) is 31.5. The molecule has 0 saturated carbocycles. The summed E-state index contributed by atoms with van der Waals surface area (Å²) in [5, 5.41) is 7.29. The molecule has 0 aromatic rings. The maximum Gasteiger partial charge on any atom is 0.328 e. The number of carbonyl (C=O) groups excluding carboxylic acids is 1. The first-order valence-corrected chi connectivity index (χ1v) is 3.67. The SMILES string of the molecule is COC(=O)C1(C)CNCC[N]1. The summed E-state index contributed by atoms with van der Waals surface area (Å²) in [5.41, 5.74) is -0.660. The molecule has 0 bridgehead atoms. The number of esters is 1. The average molecular weight is 157 g/mol. The quantitative estimate of drug-likeness (QED) is 0.503. The molecule has 1 rings (SSSR count). The fraction of sp³-hybridized carbons (Fsp3) is 0.857. The van der Waals surface area contributed by atoms with Crippen LogP contribution in [0.5, 0.6) is 0 Å². The van der Waals surface area contributed by atoms with E-state index >= 15 is 0 Å². The number of piperazine rings is 1. The Morgan fingerprint density at radius 3 is 2.91 bits per heavy atom. The van der Waals surface area contributed by atoms with E-state index in [-0.39, 0.29) is 5.97 Å². The van der Waals surface area contributed by atoms with Crippen LogP contribution < -0.4 is 10.6 Å². The van der Waals surface area contributed by atoms with Gasteiger partial charge in [-0.05, 0) is 6.92 Å². The number of methoxy groups -OCH3 is 1. The van der Waals surface area contributed by atoms with E-state index in [4.69, 9.17) is 0 Å². The lowest BCUT2D eigenvalue weighted by molar-refractivity contribution is -0.148. The molecule has 4 heteroatoms. The number of hydrogen-bond donors (Lipinski definition) is 1. The summed E-state index contributed by atoms with van der Waals surface area (Å²) in [6.07, 6.45) is 0. The Kier molecular flexibility index (Phi) is 2.46. The van der Waals surface area contributed by atoms with Gasteiger partial charge in [0.1, 0.15) is 5.54 Å². The third-order valence-corrected chi connectivity index (χ3v) is 1.84. The first kappa shape index (κ1) is 8.49. The zero-order valence-corrected chi connectivity index (χ0v) is 6.89. The highest BCUT2D eigenvalue weighted by Crippen LogP contribution is 2.08. The summed E-state index contributed by atoms with van der Waals surface area (Å²) < 4.78 is 4.62. The van der Waals surface area contributed by atoms with Crippen LogP contribution in [0.4, 0.5) is 0 Å². The first-order chi connectivity index (χ1) is 5.19. The maximum atomic E-state index is 11.1. The molecule has 0 aromatic carbocycles. The van der Waals surface area contributed by atoms with Crippen molar-refractivity contribution in [2.45, 2.75) is 12.5 Å². The van der Waals surface area contributed by atoms with Crippen molar-refractivity contribution in [1.29, 1.82) is 0 Å². The van der Waals surface area contributed by atoms with Crippen LogP contribution >= 0.6 is 0 Å². The van der Waals surface area contributed by atoms with Crippen LogP contribution in [0.15, 0.2) is 0 Å². The van der Waals surface area contributed by atoms with Gasteiger partial charge in [-0.3, -0.25) is 0 Å². The van der Waals surface area contributed by atoms with Gasteiger partial charge in [-0.15, -0.1) is 0 Å². The van der Waals surface area contributed by atoms with Gasteiger partial charge < -0.3 is 10.1 Å². The van der Waals surface area contributed by atoms with Crippen LogP contribution in [-0.2, 0) is 9.53 Å². The summed E-state index contributed by atoms with van der Waals surface area (Å²) in [6.45, 7) is 3.91. The predicted octanol–water partition coefficient (Wildman–Crippen LogP) is -0.874. The van der Waals surface area contributed by atoms with Gasteiger partial charge in [-0.25, -0.2) is 10.1 Å². The smallest absolute Gasteiger partial charge is 0.328 e. The molecule has 0 amide bonds. The number of nitrogens with one attached hydrogen (secondary N) is 1. The number of ether oxygens (including phenoxy) is 1. The molecular formula is C7H13N2O2. The lowest BCUT2D eigenvalue weighted by Gasteiger charge is -2.30. The summed E-state index contributed by atoms with van der Waals surface area (Å²) in [5.74, 6) is -0.260. The Balaban J connectivity index is 2.56. The van der Waals surface area contributed by atoms with E-state index < -0.39 is 5.54 Å². The van der Waals surface area contributed by atoms with Gasteiger partial charge >= 0.3 is 5.97 Å². The van der Waals surface area contributed by atoms with Crippen molar-refractivity contribution in [3.8, 4) is 0 Å². The lowest BCUT2D eigenvalue weighted by atomic mass is 10.0. The van der Waals surface area contributed by atoms with Crippen molar-refractivity contribution < 1.29 is 9.53 Å². The second kappa shape index (κ2) is 3.19. The van der Waals surface area contributed by atoms with Crippen LogP contribution in [-0.4, -0.2) is 38.3 Å². The molecule has 0 spiro atoms. The number of hydrogen-bond acceptors (Lipinski definition) is 3. The van der Waals surface area contributed by atoms with Crippen molar-refractivity contribution in [1.82, 2.24) is 10.6 Å². The molecule has 1 saturated heterocycles. The molecule has 1 unspecified atom stereocenters. The topological polar surface area (TPSA) is 52.4 Å². The Labute approximate surface area is 66.3 Å². The molecule has 11 heavy (non-hydrogen) atoms. The fourth-order valence-corrected chi connectivity index (χ4v) is 1.13. The van der Waals surface area contributed by atoms with E-state index in [2.05, 4.69) is 15.4 Å². The molecule has 1 aliphatic heterocycles. The molecule has 1 heterocycles. The molecule has 1 N–H and O–H groups in total. The van der Waals surface area contributed by atoms with Gasteiger partial charge in [-0.2, -0.15) is 0 Å². The van der Waals surface area contributed by atoms with E-state index in [1.54, 1.807) is 6.92 Å². The number of carbonyl (C=O) groups is 1. The highest BCUT2D eigenvalue weighted by molar-refractivity contribution is 5.80. The molecule has 1 fully saturated rings. The van der Waals surface area contributed by atoms with Gasteiger partial charge in [0.25, 0.3) is 0 Å². The molecule has 0 aromatic heterocycles. The zero-order valence-electron chi connectivity index (χ0n) is 6.89. The minimum Gasteiger partial charge on any atom is -0.468 e. The van der Waals surface area contributed by atoms with Crippen molar-refractivity contribution in [2.24, 2.45) is 0 Å². The van der Waals surface area contributed by atoms with Gasteiger partial charge in [0.2, 0.25) is 0 Å². The van der Waals surface area contributed by atoms with Crippen molar-refractivity contribution >= 4 is 5.97 Å². The Morgan fingerprint density at radius 1 is 1.73 bits per heavy atom. The summed E-state index contributed by atoms with van der Waals surface area (Å²) in [4.78, 5) is 11.1. The molecule has 0 aliphatic carbocycles. The lowest BCUT2D eigenvalue weighted by Crippen LogP contribution is -2.58. The molecule has 1 atom stereocenters. The van der Waals surface area contributed by atoms with E-state index in [1.807, 2.05) is 0 Å². The second-order valence-corrected chi connectivity index (χ2v) is 2.82. The summed E-state index contributed by atoms with van der Waals surface area (Å²) in [7, 11) is 1.39. The molecular weight excluding hydrogens is 144 g/mol. The maximum absolute atomic E-state index is 11.1. The Bertz CT molecular complexity index is 153. The van der Waals surface area contributed by atoms with Gasteiger partial charge in [-0.1, -0.05) is 0 Å². The van der Waals surface area contributed by atoms with E-state index in [9.17, 15) is 4.79 Å². The second-order valence-electron chi connectivity index (χ2n) is 2.82. The number of rotatable bonds is 1. The van der Waals surface area contributed by atoms with Crippen molar-refractivity contribution in [3.63, 3.8) is 0 Å². The first-order valence-electron chi connectivity index (χ1n) is 3.67. The van der Waals surface area contributed by atoms with Crippen LogP contribution in [0.3, 0.4) is 0 Å². The van der Waals surface area contributed by atoms with Crippen molar-refractivity contribution in [3.05, 3.63) is 0 Å². The third-order valence-electron chi connectivity index (χ3n) is 1.84.